The lowest BCUT2D eigenvalue weighted by Gasteiger charge is -2.57. The van der Waals surface area contributed by atoms with Crippen LogP contribution < -0.4 is 0 Å². The van der Waals surface area contributed by atoms with Gasteiger partial charge in [-0.3, -0.25) is 0 Å². The van der Waals surface area contributed by atoms with Crippen LogP contribution in [0, 0.1) is 28.6 Å². The first-order chi connectivity index (χ1) is 9.95. The number of rotatable bonds is 0. The van der Waals surface area contributed by atoms with E-state index in [-0.39, 0.29) is 6.10 Å². The van der Waals surface area contributed by atoms with Gasteiger partial charge in [-0.05, 0) is 94.3 Å². The second-order valence-corrected chi connectivity index (χ2v) is 9.56. The van der Waals surface area contributed by atoms with Crippen LogP contribution in [0.1, 0.15) is 58.8 Å². The molecule has 2 fully saturated rings. The maximum Gasteiger partial charge on any atom is 0.0577 e. The van der Waals surface area contributed by atoms with Crippen LogP contribution in [0.2, 0.25) is 0 Å². The van der Waals surface area contributed by atoms with Crippen molar-refractivity contribution in [1.29, 1.82) is 0 Å². The van der Waals surface area contributed by atoms with E-state index < -0.39 is 0 Å². The summed E-state index contributed by atoms with van der Waals surface area (Å²) >= 11 is 2.60. The zero-order valence-corrected chi connectivity index (χ0v) is 15.4. The molecule has 0 aromatic carbocycles. The fourth-order valence-corrected chi connectivity index (χ4v) is 7.08. The molecule has 6 atom stereocenters. The lowest BCUT2D eigenvalue weighted by Crippen LogP contribution is -2.49. The third-order valence-corrected chi connectivity index (χ3v) is 9.24. The van der Waals surface area contributed by atoms with Gasteiger partial charge >= 0.3 is 0 Å². The van der Waals surface area contributed by atoms with E-state index >= 15 is 0 Å². The van der Waals surface area contributed by atoms with Crippen molar-refractivity contribution in [1.82, 2.24) is 0 Å². The molecule has 0 bridgehead atoms. The van der Waals surface area contributed by atoms with Gasteiger partial charge < -0.3 is 5.11 Å². The van der Waals surface area contributed by atoms with Crippen molar-refractivity contribution in [2.45, 2.75) is 64.9 Å². The first kappa shape index (κ1) is 14.7. The number of allylic oxidation sites excluding steroid dienone is 3. The van der Waals surface area contributed by atoms with Crippen molar-refractivity contribution in [2.24, 2.45) is 28.6 Å². The zero-order chi connectivity index (χ0) is 14.8. The summed E-state index contributed by atoms with van der Waals surface area (Å²) in [7, 11) is 0. The first-order valence-electron chi connectivity index (χ1n) is 8.69. The highest BCUT2D eigenvalue weighted by molar-refractivity contribution is 14.1. The standard InChI is InChI=1S/C19H27IO/c1-18-9-7-13(21)11-12(18)3-4-14-15-5-6-17(20)19(15,2)10-8-16(14)18/h3,6,13-16,21H,4-5,7-11H2,1-2H3/t13-,14-,15-,16-,18+,19-/m1/s1. The molecule has 1 N–H and O–H groups in total. The third kappa shape index (κ3) is 1.97. The molecule has 0 aromatic rings. The number of fused-ring (bicyclic) bond motifs is 5. The van der Waals surface area contributed by atoms with Gasteiger partial charge in [-0.1, -0.05) is 31.6 Å². The topological polar surface area (TPSA) is 20.2 Å². The summed E-state index contributed by atoms with van der Waals surface area (Å²) in [5, 5.41) is 10.0. The van der Waals surface area contributed by atoms with Gasteiger partial charge in [-0.15, -0.1) is 0 Å². The van der Waals surface area contributed by atoms with E-state index in [1.54, 1.807) is 9.15 Å². The molecule has 0 heterocycles. The van der Waals surface area contributed by atoms with Gasteiger partial charge in [0.25, 0.3) is 0 Å². The van der Waals surface area contributed by atoms with E-state index in [0.29, 0.717) is 10.8 Å². The molecule has 4 aliphatic rings. The predicted octanol–water partition coefficient (Wildman–Crippen LogP) is 5.24. The monoisotopic (exact) mass is 398 g/mol. The van der Waals surface area contributed by atoms with Gasteiger partial charge in [0.2, 0.25) is 0 Å². The van der Waals surface area contributed by atoms with Crippen LogP contribution in [0.3, 0.4) is 0 Å². The van der Waals surface area contributed by atoms with Crippen molar-refractivity contribution in [3.8, 4) is 0 Å². The smallest absolute Gasteiger partial charge is 0.0577 e. The van der Waals surface area contributed by atoms with Crippen molar-refractivity contribution in [2.75, 3.05) is 0 Å². The van der Waals surface area contributed by atoms with Gasteiger partial charge in [0, 0.05) is 5.41 Å². The molecule has 2 saturated carbocycles. The second kappa shape index (κ2) is 4.83. The van der Waals surface area contributed by atoms with E-state index in [9.17, 15) is 5.11 Å². The minimum Gasteiger partial charge on any atom is -0.393 e. The van der Waals surface area contributed by atoms with E-state index in [1.807, 2.05) is 0 Å². The van der Waals surface area contributed by atoms with Crippen molar-refractivity contribution < 1.29 is 5.11 Å². The Labute approximate surface area is 142 Å². The molecule has 0 aliphatic heterocycles. The zero-order valence-electron chi connectivity index (χ0n) is 13.2. The number of aliphatic hydroxyl groups excluding tert-OH is 1. The minimum absolute atomic E-state index is 0.0798. The highest BCUT2D eigenvalue weighted by atomic mass is 127. The number of aliphatic hydroxyl groups is 1. The SMILES string of the molecule is C[C@@]12CC[C@@H]3[C@H](CC=C4C[C@H](O)CC[C@@]43C)[C@H]1CC=C2I. The molecule has 2 heteroatoms. The largest absolute Gasteiger partial charge is 0.393 e. The van der Waals surface area contributed by atoms with E-state index in [4.69, 9.17) is 0 Å². The molecule has 0 saturated heterocycles. The van der Waals surface area contributed by atoms with Crippen LogP contribution in [-0.2, 0) is 0 Å². The molecule has 0 radical (unpaired) electrons. The van der Waals surface area contributed by atoms with Crippen LogP contribution in [0.15, 0.2) is 21.3 Å². The summed E-state index contributed by atoms with van der Waals surface area (Å²) in [5.41, 5.74) is 2.45. The molecule has 21 heavy (non-hydrogen) atoms. The highest BCUT2D eigenvalue weighted by Crippen LogP contribution is 2.65. The number of hydrogen-bond acceptors (Lipinski definition) is 1. The predicted molar refractivity (Wildman–Crippen MR) is 95.2 cm³/mol. The normalized spacial score (nSPS) is 52.4. The summed E-state index contributed by atoms with van der Waals surface area (Å²) in [4.78, 5) is 0. The Hall–Kier alpha value is 0.170. The van der Waals surface area contributed by atoms with Gasteiger partial charge in [0.15, 0.2) is 0 Å². The third-order valence-electron chi connectivity index (χ3n) is 7.56. The Balaban J connectivity index is 1.68. The number of halogens is 1. The Morgan fingerprint density at radius 2 is 1.81 bits per heavy atom. The van der Waals surface area contributed by atoms with E-state index in [2.05, 4.69) is 48.6 Å². The van der Waals surface area contributed by atoms with Crippen LogP contribution in [0.25, 0.3) is 0 Å². The average Bonchev–Trinajstić information content (AvgIpc) is 2.76. The molecular weight excluding hydrogens is 371 g/mol. The van der Waals surface area contributed by atoms with Gasteiger partial charge in [-0.25, -0.2) is 0 Å². The lowest BCUT2D eigenvalue weighted by atomic mass is 9.48. The molecular formula is C19H27IO. The summed E-state index contributed by atoms with van der Waals surface area (Å²) in [6.45, 7) is 5.03. The summed E-state index contributed by atoms with van der Waals surface area (Å²) < 4.78 is 1.63. The van der Waals surface area contributed by atoms with Crippen LogP contribution in [0.4, 0.5) is 0 Å². The molecule has 0 spiro atoms. The molecule has 1 nitrogen and oxygen atoms in total. The molecule has 4 rings (SSSR count). The fourth-order valence-electron chi connectivity index (χ4n) is 6.16. The lowest BCUT2D eigenvalue weighted by molar-refractivity contribution is -0.0268. The average molecular weight is 398 g/mol. The highest BCUT2D eigenvalue weighted by Gasteiger charge is 2.56. The van der Waals surface area contributed by atoms with Crippen molar-refractivity contribution in [3.05, 3.63) is 21.3 Å². The first-order valence-corrected chi connectivity index (χ1v) is 9.77. The molecule has 0 aromatic heterocycles. The summed E-state index contributed by atoms with van der Waals surface area (Å²) in [6, 6.07) is 0. The second-order valence-electron chi connectivity index (χ2n) is 8.40. The molecule has 0 unspecified atom stereocenters. The Kier molecular flexibility index (Phi) is 3.39. The maximum absolute atomic E-state index is 10.0. The van der Waals surface area contributed by atoms with E-state index in [1.165, 1.54) is 32.1 Å². The summed E-state index contributed by atoms with van der Waals surface area (Å²) in [6.07, 6.45) is 13.4. The molecule has 116 valence electrons. The molecule has 4 aliphatic carbocycles. The van der Waals surface area contributed by atoms with Crippen LogP contribution in [0.5, 0.6) is 0 Å². The van der Waals surface area contributed by atoms with Crippen molar-refractivity contribution in [3.63, 3.8) is 0 Å². The van der Waals surface area contributed by atoms with E-state index in [0.717, 1.165) is 30.6 Å². The van der Waals surface area contributed by atoms with Crippen LogP contribution in [-0.4, -0.2) is 11.2 Å². The van der Waals surface area contributed by atoms with Gasteiger partial charge in [0.05, 0.1) is 6.10 Å². The Bertz CT molecular complexity index is 522. The quantitative estimate of drug-likeness (QED) is 0.437. The molecule has 0 amide bonds. The number of hydrogen-bond donors (Lipinski definition) is 1. The maximum atomic E-state index is 10.0. The Morgan fingerprint density at radius 1 is 1.05 bits per heavy atom. The minimum atomic E-state index is -0.0798. The van der Waals surface area contributed by atoms with Crippen molar-refractivity contribution >= 4 is 22.6 Å². The van der Waals surface area contributed by atoms with Gasteiger partial charge in [0.1, 0.15) is 0 Å². The van der Waals surface area contributed by atoms with Crippen LogP contribution >= 0.6 is 22.6 Å². The Morgan fingerprint density at radius 3 is 2.62 bits per heavy atom. The fraction of sp³-hybridized carbons (Fsp3) is 0.789. The van der Waals surface area contributed by atoms with Gasteiger partial charge in [-0.2, -0.15) is 0 Å². The summed E-state index contributed by atoms with van der Waals surface area (Å²) in [5.74, 6) is 2.60.